The minimum atomic E-state index is 0. The van der Waals surface area contributed by atoms with E-state index in [1.54, 1.807) is 4.68 Å². The summed E-state index contributed by atoms with van der Waals surface area (Å²) in [6, 6.07) is 10.0. The van der Waals surface area contributed by atoms with Gasteiger partial charge in [0.25, 0.3) is 0 Å². The highest BCUT2D eigenvalue weighted by atomic mass is 35.5. The molecule has 0 spiro atoms. The van der Waals surface area contributed by atoms with Crippen LogP contribution in [0.15, 0.2) is 30.3 Å². The molecule has 0 radical (unpaired) electrons. The van der Waals surface area contributed by atoms with Crippen LogP contribution in [0.4, 0.5) is 5.82 Å². The van der Waals surface area contributed by atoms with Crippen LogP contribution < -0.4 is 10.6 Å². The van der Waals surface area contributed by atoms with Crippen molar-refractivity contribution in [2.75, 3.05) is 18.9 Å². The molecule has 22 heavy (non-hydrogen) atoms. The van der Waals surface area contributed by atoms with Crippen molar-refractivity contribution in [2.24, 2.45) is 7.05 Å². The van der Waals surface area contributed by atoms with Crippen molar-refractivity contribution in [3.05, 3.63) is 35.9 Å². The molecule has 1 heterocycles. The number of anilines is 1. The van der Waals surface area contributed by atoms with E-state index in [0.29, 0.717) is 6.42 Å². The quantitative estimate of drug-likeness (QED) is 0.804. The van der Waals surface area contributed by atoms with Crippen molar-refractivity contribution < 1.29 is 4.79 Å². The van der Waals surface area contributed by atoms with Gasteiger partial charge in [0, 0.05) is 25.1 Å². The maximum Gasteiger partial charge on any atom is 0.225 e. The molecular weight excluding hydrogens is 300 g/mol. The van der Waals surface area contributed by atoms with Crippen molar-refractivity contribution in [1.82, 2.24) is 15.1 Å². The fraction of sp³-hybridized carbons (Fsp3) is 0.375. The smallest absolute Gasteiger partial charge is 0.225 e. The van der Waals surface area contributed by atoms with Crippen molar-refractivity contribution in [2.45, 2.75) is 19.8 Å². The Balaban J connectivity index is 0.00000242. The number of rotatable bonds is 6. The summed E-state index contributed by atoms with van der Waals surface area (Å²) in [6.07, 6.45) is 1.33. The van der Waals surface area contributed by atoms with Gasteiger partial charge in [0.2, 0.25) is 5.91 Å². The second-order valence-electron chi connectivity index (χ2n) is 5.11. The topological polar surface area (TPSA) is 59.0 Å². The van der Waals surface area contributed by atoms with Crippen LogP contribution in [0.5, 0.6) is 0 Å². The molecule has 5 nitrogen and oxygen atoms in total. The van der Waals surface area contributed by atoms with Gasteiger partial charge in [-0.1, -0.05) is 24.3 Å². The summed E-state index contributed by atoms with van der Waals surface area (Å²) in [5.41, 5.74) is 3.13. The highest BCUT2D eigenvalue weighted by Crippen LogP contribution is 2.24. The number of hydrogen-bond acceptors (Lipinski definition) is 3. The summed E-state index contributed by atoms with van der Waals surface area (Å²) in [6.45, 7) is 2.90. The Kier molecular flexibility index (Phi) is 7.08. The van der Waals surface area contributed by atoms with Crippen LogP contribution >= 0.6 is 12.4 Å². The molecule has 0 saturated carbocycles. The number of halogens is 1. The maximum absolute atomic E-state index is 11.9. The normalized spacial score (nSPS) is 10.1. The van der Waals surface area contributed by atoms with Crippen molar-refractivity contribution in [3.63, 3.8) is 0 Å². The number of benzene rings is 1. The molecule has 1 aromatic heterocycles. The maximum atomic E-state index is 11.9. The Morgan fingerprint density at radius 1 is 1.32 bits per heavy atom. The lowest BCUT2D eigenvalue weighted by Gasteiger charge is -2.04. The lowest BCUT2D eigenvalue weighted by atomic mass is 10.1. The molecule has 0 aliphatic carbocycles. The lowest BCUT2D eigenvalue weighted by molar-refractivity contribution is -0.116. The largest absolute Gasteiger partial charge is 0.320 e. The van der Waals surface area contributed by atoms with Crippen molar-refractivity contribution in [3.8, 4) is 11.3 Å². The highest BCUT2D eigenvalue weighted by molar-refractivity contribution is 5.90. The molecule has 6 heteroatoms. The standard InChI is InChI=1S/C16H22N4O.ClH/c1-12-7-4-5-8-13(12)14-11-15(20(3)19-14)18-16(21)9-6-10-17-2;/h4-5,7-8,11,17H,6,9-10H2,1-3H3,(H,18,21);1H. The second kappa shape index (κ2) is 8.56. The number of carbonyl (C=O) groups excluding carboxylic acids is 1. The number of carbonyl (C=O) groups is 1. The van der Waals surface area contributed by atoms with E-state index in [4.69, 9.17) is 0 Å². The SMILES string of the molecule is CNCCCC(=O)Nc1cc(-c2ccccc2C)nn1C.Cl. The monoisotopic (exact) mass is 322 g/mol. The van der Waals surface area contributed by atoms with Gasteiger partial charge < -0.3 is 10.6 Å². The molecule has 0 bridgehead atoms. The number of nitrogens with one attached hydrogen (secondary N) is 2. The average Bonchev–Trinajstić information content (AvgIpc) is 2.80. The van der Waals surface area contributed by atoms with E-state index < -0.39 is 0 Å². The van der Waals surface area contributed by atoms with Crippen LogP contribution in [-0.4, -0.2) is 29.3 Å². The van der Waals surface area contributed by atoms with Crippen molar-refractivity contribution in [1.29, 1.82) is 0 Å². The summed E-state index contributed by atoms with van der Waals surface area (Å²) < 4.78 is 1.71. The molecule has 0 fully saturated rings. The summed E-state index contributed by atoms with van der Waals surface area (Å²) in [5, 5.41) is 10.4. The first-order valence-corrected chi connectivity index (χ1v) is 7.16. The Morgan fingerprint density at radius 2 is 2.05 bits per heavy atom. The summed E-state index contributed by atoms with van der Waals surface area (Å²) in [5.74, 6) is 0.743. The Hall–Kier alpha value is -1.85. The van der Waals surface area contributed by atoms with E-state index in [0.717, 1.165) is 30.0 Å². The molecule has 1 aromatic carbocycles. The molecule has 0 aliphatic heterocycles. The third kappa shape index (κ3) is 4.58. The summed E-state index contributed by atoms with van der Waals surface area (Å²) in [4.78, 5) is 11.9. The molecular formula is C16H23ClN4O. The third-order valence-electron chi connectivity index (χ3n) is 3.40. The van der Waals surface area contributed by atoms with Gasteiger partial charge in [-0.05, 0) is 32.5 Å². The number of aromatic nitrogens is 2. The third-order valence-corrected chi connectivity index (χ3v) is 3.40. The zero-order valence-corrected chi connectivity index (χ0v) is 14.0. The molecule has 120 valence electrons. The zero-order chi connectivity index (χ0) is 15.2. The molecule has 0 aliphatic rings. The van der Waals surface area contributed by atoms with Crippen LogP contribution in [-0.2, 0) is 11.8 Å². The fourth-order valence-electron chi connectivity index (χ4n) is 2.21. The molecule has 2 aromatic rings. The van der Waals surface area contributed by atoms with Gasteiger partial charge in [-0.25, -0.2) is 0 Å². The van der Waals surface area contributed by atoms with Gasteiger partial charge >= 0.3 is 0 Å². The molecule has 2 N–H and O–H groups in total. The van der Waals surface area contributed by atoms with Crippen LogP contribution in [0.1, 0.15) is 18.4 Å². The highest BCUT2D eigenvalue weighted by Gasteiger charge is 2.11. The fourth-order valence-corrected chi connectivity index (χ4v) is 2.21. The summed E-state index contributed by atoms with van der Waals surface area (Å²) in [7, 11) is 3.72. The lowest BCUT2D eigenvalue weighted by Crippen LogP contribution is -2.16. The van der Waals surface area contributed by atoms with Crippen LogP contribution in [0.2, 0.25) is 0 Å². The predicted molar refractivity (Wildman–Crippen MR) is 92.4 cm³/mol. The van der Waals surface area contributed by atoms with Gasteiger partial charge in [-0.3, -0.25) is 9.48 Å². The first-order chi connectivity index (χ1) is 10.1. The van der Waals surface area contributed by atoms with E-state index in [9.17, 15) is 4.79 Å². The number of hydrogen-bond donors (Lipinski definition) is 2. The Bertz CT molecular complexity index is 624. The number of nitrogens with zero attached hydrogens (tertiary/aromatic N) is 2. The first kappa shape index (κ1) is 18.2. The number of aryl methyl sites for hydroxylation is 2. The van der Waals surface area contributed by atoms with Gasteiger partial charge in [-0.2, -0.15) is 5.10 Å². The minimum absolute atomic E-state index is 0. The van der Waals surface area contributed by atoms with Gasteiger partial charge in [0.1, 0.15) is 5.82 Å². The van der Waals surface area contributed by atoms with E-state index >= 15 is 0 Å². The van der Waals surface area contributed by atoms with E-state index in [1.165, 1.54) is 5.56 Å². The van der Waals surface area contributed by atoms with Crippen molar-refractivity contribution >= 4 is 24.1 Å². The van der Waals surface area contributed by atoms with Crippen LogP contribution in [0.3, 0.4) is 0 Å². The Morgan fingerprint density at radius 3 is 2.73 bits per heavy atom. The Labute approximate surface area is 137 Å². The molecule has 0 saturated heterocycles. The van der Waals surface area contributed by atoms with Gasteiger partial charge in [0.05, 0.1) is 5.69 Å². The van der Waals surface area contributed by atoms with E-state index in [2.05, 4.69) is 28.7 Å². The van der Waals surface area contributed by atoms with Crippen LogP contribution in [0, 0.1) is 6.92 Å². The molecule has 2 rings (SSSR count). The summed E-state index contributed by atoms with van der Waals surface area (Å²) >= 11 is 0. The van der Waals surface area contributed by atoms with Gasteiger partial charge in [-0.15, -0.1) is 12.4 Å². The number of amides is 1. The molecule has 0 atom stereocenters. The van der Waals surface area contributed by atoms with Crippen LogP contribution in [0.25, 0.3) is 11.3 Å². The van der Waals surface area contributed by atoms with E-state index in [-0.39, 0.29) is 18.3 Å². The van der Waals surface area contributed by atoms with Gasteiger partial charge in [0.15, 0.2) is 0 Å². The zero-order valence-electron chi connectivity index (χ0n) is 13.2. The molecule has 0 unspecified atom stereocenters. The first-order valence-electron chi connectivity index (χ1n) is 7.16. The predicted octanol–water partition coefficient (Wildman–Crippen LogP) is 2.76. The minimum Gasteiger partial charge on any atom is -0.320 e. The second-order valence-corrected chi connectivity index (χ2v) is 5.11. The molecule has 1 amide bonds. The average molecular weight is 323 g/mol. The van der Waals surface area contributed by atoms with E-state index in [1.807, 2.05) is 38.4 Å².